The smallest absolute Gasteiger partial charge is 0.0617 e. The lowest BCUT2D eigenvalue weighted by Crippen LogP contribution is -2.29. The predicted molar refractivity (Wildman–Crippen MR) is 44.7 cm³/mol. The maximum Gasteiger partial charge on any atom is 0.0617 e. The molecule has 1 fully saturated rings. The number of hydrogen-bond donors (Lipinski definition) is 1. The lowest BCUT2D eigenvalue weighted by molar-refractivity contribution is 0.116. The second kappa shape index (κ2) is 4.94. The highest BCUT2D eigenvalue weighted by Gasteiger charge is 2.10. The average molecular weight is 166 g/mol. The van der Waals surface area contributed by atoms with Gasteiger partial charge in [-0.3, -0.25) is 0 Å². The van der Waals surface area contributed by atoms with Gasteiger partial charge in [0.15, 0.2) is 0 Å². The van der Waals surface area contributed by atoms with Crippen molar-refractivity contribution in [1.29, 1.82) is 0 Å². The summed E-state index contributed by atoms with van der Waals surface area (Å²) in [6.07, 6.45) is 0. The van der Waals surface area contributed by atoms with E-state index in [4.69, 9.17) is 4.74 Å². The third-order valence-electron chi connectivity index (χ3n) is 1.58. The van der Waals surface area contributed by atoms with E-state index >= 15 is 0 Å². The zero-order valence-corrected chi connectivity index (χ0v) is 7.41. The lowest BCUT2D eigenvalue weighted by atomic mass is 10.2. The van der Waals surface area contributed by atoms with Gasteiger partial charge < -0.3 is 10.1 Å². The van der Waals surface area contributed by atoms with E-state index in [1.165, 1.54) is 0 Å². The molecule has 0 aliphatic carbocycles. The van der Waals surface area contributed by atoms with Gasteiger partial charge in [0.05, 0.1) is 13.2 Å². The molecule has 1 saturated heterocycles. The minimum atomic E-state index is 0. The topological polar surface area (TPSA) is 21.3 Å². The van der Waals surface area contributed by atoms with Crippen LogP contribution in [-0.2, 0) is 4.74 Å². The van der Waals surface area contributed by atoms with Gasteiger partial charge in [0.2, 0.25) is 0 Å². The fourth-order valence-electron chi connectivity index (χ4n) is 0.966. The summed E-state index contributed by atoms with van der Waals surface area (Å²) in [5.74, 6) is 0.676. The first-order valence-electron chi connectivity index (χ1n) is 3.60. The van der Waals surface area contributed by atoms with Gasteiger partial charge in [-0.1, -0.05) is 6.92 Å². The average Bonchev–Trinajstić information content (AvgIpc) is 1.97. The van der Waals surface area contributed by atoms with E-state index in [0.29, 0.717) is 12.0 Å². The second-order valence-corrected chi connectivity index (χ2v) is 2.95. The lowest BCUT2D eigenvalue weighted by Gasteiger charge is -2.07. The van der Waals surface area contributed by atoms with Crippen LogP contribution in [0, 0.1) is 5.92 Å². The Balaban J connectivity index is 0.000000810. The summed E-state index contributed by atoms with van der Waals surface area (Å²) in [5.41, 5.74) is 0. The molecule has 1 heterocycles. The van der Waals surface area contributed by atoms with Crippen molar-refractivity contribution in [1.82, 2.24) is 5.32 Å². The summed E-state index contributed by atoms with van der Waals surface area (Å²) < 4.78 is 5.36. The summed E-state index contributed by atoms with van der Waals surface area (Å²) >= 11 is 0. The van der Waals surface area contributed by atoms with Gasteiger partial charge in [-0.05, 0) is 12.8 Å². The number of rotatable bonds is 0. The highest BCUT2D eigenvalue weighted by Crippen LogP contribution is 1.99. The number of nitrogens with one attached hydrogen (secondary N) is 1. The van der Waals surface area contributed by atoms with Crippen molar-refractivity contribution < 1.29 is 4.74 Å². The van der Waals surface area contributed by atoms with Gasteiger partial charge in [-0.25, -0.2) is 0 Å². The Bertz CT molecular complexity index is 79.7. The molecule has 0 spiro atoms. The Morgan fingerprint density at radius 1 is 1.30 bits per heavy atom. The van der Waals surface area contributed by atoms with E-state index in [9.17, 15) is 0 Å². The molecule has 0 amide bonds. The highest BCUT2D eigenvalue weighted by atomic mass is 35.5. The molecule has 62 valence electrons. The van der Waals surface area contributed by atoms with Gasteiger partial charge in [0.25, 0.3) is 0 Å². The molecule has 0 aromatic rings. The minimum Gasteiger partial charge on any atom is -0.380 e. The van der Waals surface area contributed by atoms with Gasteiger partial charge in [0, 0.05) is 12.6 Å². The second-order valence-electron chi connectivity index (χ2n) is 2.95. The molecule has 1 rings (SSSR count). The standard InChI is InChI=1S/C7H15NO.ClH/c1-6-3-8-7(2)5-9-4-6;/h6-8H,3-5H2,1-2H3;1H. The van der Waals surface area contributed by atoms with Crippen molar-refractivity contribution in [3.05, 3.63) is 0 Å². The first-order valence-corrected chi connectivity index (χ1v) is 3.60. The summed E-state index contributed by atoms with van der Waals surface area (Å²) in [6.45, 7) is 7.23. The van der Waals surface area contributed by atoms with Crippen LogP contribution in [0.2, 0.25) is 0 Å². The monoisotopic (exact) mass is 165 g/mol. The Kier molecular flexibility index (Phi) is 5.04. The molecule has 0 aromatic heterocycles. The summed E-state index contributed by atoms with van der Waals surface area (Å²) in [7, 11) is 0. The van der Waals surface area contributed by atoms with E-state index in [-0.39, 0.29) is 12.4 Å². The first-order chi connectivity index (χ1) is 4.29. The van der Waals surface area contributed by atoms with Crippen molar-refractivity contribution in [2.75, 3.05) is 19.8 Å². The number of halogens is 1. The molecule has 0 aromatic carbocycles. The van der Waals surface area contributed by atoms with E-state index < -0.39 is 0 Å². The summed E-state index contributed by atoms with van der Waals surface area (Å²) in [6, 6.07) is 0.537. The summed E-state index contributed by atoms with van der Waals surface area (Å²) in [4.78, 5) is 0. The van der Waals surface area contributed by atoms with E-state index in [0.717, 1.165) is 19.8 Å². The van der Waals surface area contributed by atoms with Crippen LogP contribution < -0.4 is 5.32 Å². The van der Waals surface area contributed by atoms with Crippen LogP contribution in [0.15, 0.2) is 0 Å². The Labute approximate surface area is 68.7 Å². The maximum absolute atomic E-state index is 5.36. The van der Waals surface area contributed by atoms with Crippen LogP contribution in [0.3, 0.4) is 0 Å². The van der Waals surface area contributed by atoms with Crippen LogP contribution in [0.25, 0.3) is 0 Å². The highest BCUT2D eigenvalue weighted by molar-refractivity contribution is 5.85. The number of ether oxygens (including phenoxy) is 1. The van der Waals surface area contributed by atoms with Crippen LogP contribution in [-0.4, -0.2) is 25.8 Å². The third kappa shape index (κ3) is 3.40. The van der Waals surface area contributed by atoms with Crippen LogP contribution in [0.5, 0.6) is 0 Å². The molecule has 2 nitrogen and oxygen atoms in total. The quantitative estimate of drug-likeness (QED) is 0.580. The maximum atomic E-state index is 5.36. The molecule has 10 heavy (non-hydrogen) atoms. The van der Waals surface area contributed by atoms with Crippen LogP contribution >= 0.6 is 12.4 Å². The van der Waals surface area contributed by atoms with Crippen molar-refractivity contribution in [3.63, 3.8) is 0 Å². The van der Waals surface area contributed by atoms with Crippen molar-refractivity contribution in [2.45, 2.75) is 19.9 Å². The molecular formula is C7H16ClNO. The van der Waals surface area contributed by atoms with E-state index in [1.807, 2.05) is 0 Å². The fourth-order valence-corrected chi connectivity index (χ4v) is 0.966. The number of hydrogen-bond acceptors (Lipinski definition) is 2. The van der Waals surface area contributed by atoms with Gasteiger partial charge >= 0.3 is 0 Å². The van der Waals surface area contributed by atoms with Gasteiger partial charge in [0.1, 0.15) is 0 Å². The zero-order chi connectivity index (χ0) is 6.69. The first kappa shape index (κ1) is 10.2. The van der Waals surface area contributed by atoms with Crippen LogP contribution in [0.1, 0.15) is 13.8 Å². The molecule has 3 heteroatoms. The van der Waals surface area contributed by atoms with E-state index in [1.54, 1.807) is 0 Å². The molecule has 2 unspecified atom stereocenters. The third-order valence-corrected chi connectivity index (χ3v) is 1.58. The minimum absolute atomic E-state index is 0. The molecule has 2 atom stereocenters. The molecule has 1 aliphatic rings. The Hall–Kier alpha value is 0.210. The predicted octanol–water partition coefficient (Wildman–Crippen LogP) is 1.05. The molecule has 1 N–H and O–H groups in total. The Morgan fingerprint density at radius 2 is 2.00 bits per heavy atom. The van der Waals surface area contributed by atoms with Crippen molar-refractivity contribution in [3.8, 4) is 0 Å². The van der Waals surface area contributed by atoms with Crippen LogP contribution in [0.4, 0.5) is 0 Å². The molecule has 0 saturated carbocycles. The van der Waals surface area contributed by atoms with Crippen molar-refractivity contribution >= 4 is 12.4 Å². The SMILES string of the molecule is CC1CNC(C)COC1.Cl. The summed E-state index contributed by atoms with van der Waals surface area (Å²) in [5, 5.41) is 3.37. The van der Waals surface area contributed by atoms with Gasteiger partial charge in [-0.2, -0.15) is 0 Å². The molecule has 0 radical (unpaired) electrons. The van der Waals surface area contributed by atoms with E-state index in [2.05, 4.69) is 19.2 Å². The fraction of sp³-hybridized carbons (Fsp3) is 1.00. The van der Waals surface area contributed by atoms with Gasteiger partial charge in [-0.15, -0.1) is 12.4 Å². The Morgan fingerprint density at radius 3 is 2.70 bits per heavy atom. The zero-order valence-electron chi connectivity index (χ0n) is 6.59. The van der Waals surface area contributed by atoms with Crippen molar-refractivity contribution in [2.24, 2.45) is 5.92 Å². The molecule has 1 aliphatic heterocycles. The largest absolute Gasteiger partial charge is 0.380 e. The molecular weight excluding hydrogens is 150 g/mol. The normalized spacial score (nSPS) is 34.2. The molecule has 0 bridgehead atoms.